The first kappa shape index (κ1) is 56.4. The highest BCUT2D eigenvalue weighted by Crippen LogP contribution is 2.19. The lowest BCUT2D eigenvalue weighted by Crippen LogP contribution is -2.29. The van der Waals surface area contributed by atoms with E-state index in [2.05, 4.69) is 48.5 Å². The molecule has 0 aromatic rings. The molecule has 61 heavy (non-hydrogen) atoms. The Morgan fingerprint density at radius 3 is 1.34 bits per heavy atom. The van der Waals surface area contributed by atoms with E-state index in [1.54, 1.807) is 6.20 Å². The van der Waals surface area contributed by atoms with Crippen molar-refractivity contribution >= 4 is 23.9 Å². The number of carbonyl (C=O) groups is 4. The molecule has 1 rings (SSSR count). The fourth-order valence-electron chi connectivity index (χ4n) is 8.22. The molecule has 1 aliphatic heterocycles. The number of carbonyl (C=O) groups excluding carboxylic acids is 4. The molecule has 10 nitrogen and oxygen atoms in total. The van der Waals surface area contributed by atoms with E-state index in [1.165, 1.54) is 109 Å². The monoisotopic (exact) mass is 861 g/mol. The van der Waals surface area contributed by atoms with Crippen molar-refractivity contribution in [3.05, 3.63) is 11.9 Å². The summed E-state index contributed by atoms with van der Waals surface area (Å²) in [5, 5.41) is 7.91. The SMILES string of the molecule is CCCCCCCCC(CC)OC(=O)CCCCCCCN(CCCCCCCC(=O)OC(CCCCCCCC)CCCCCCCC)CCCN/C=C1\NC(=O)NC1=O. The van der Waals surface area contributed by atoms with Gasteiger partial charge >= 0.3 is 18.0 Å². The number of urea groups is 1. The van der Waals surface area contributed by atoms with Gasteiger partial charge in [-0.1, -0.05) is 163 Å². The Bertz CT molecular complexity index is 1100. The molecule has 0 aromatic carbocycles. The van der Waals surface area contributed by atoms with Crippen molar-refractivity contribution < 1.29 is 28.7 Å². The minimum atomic E-state index is -0.487. The summed E-state index contributed by atoms with van der Waals surface area (Å²) < 4.78 is 11.9. The van der Waals surface area contributed by atoms with E-state index in [9.17, 15) is 19.2 Å². The lowest BCUT2D eigenvalue weighted by atomic mass is 10.0. The Balaban J connectivity index is 2.39. The second-order valence-electron chi connectivity index (χ2n) is 18.0. The van der Waals surface area contributed by atoms with Gasteiger partial charge in [-0.3, -0.25) is 19.7 Å². The molecular formula is C51H96N4O6. The molecule has 1 saturated heterocycles. The molecule has 1 unspecified atom stereocenters. The Morgan fingerprint density at radius 1 is 0.508 bits per heavy atom. The van der Waals surface area contributed by atoms with Crippen LogP contribution in [0, 0.1) is 0 Å². The van der Waals surface area contributed by atoms with Gasteiger partial charge in [0.25, 0.3) is 5.91 Å². The summed E-state index contributed by atoms with van der Waals surface area (Å²) in [5.74, 6) is -0.440. The molecule has 0 saturated carbocycles. The van der Waals surface area contributed by atoms with E-state index < -0.39 is 11.9 Å². The van der Waals surface area contributed by atoms with Gasteiger partial charge in [0.05, 0.1) is 0 Å². The van der Waals surface area contributed by atoms with E-state index in [4.69, 9.17) is 9.47 Å². The fraction of sp³-hybridized carbons (Fsp3) is 0.882. The molecular weight excluding hydrogens is 765 g/mol. The number of nitrogens with zero attached hydrogens (tertiary/aromatic N) is 1. The molecule has 3 N–H and O–H groups in total. The summed E-state index contributed by atoms with van der Waals surface area (Å²) in [7, 11) is 0. The van der Waals surface area contributed by atoms with Crippen molar-refractivity contribution in [3.63, 3.8) is 0 Å². The first-order valence-corrected chi connectivity index (χ1v) is 26.0. The van der Waals surface area contributed by atoms with Gasteiger partial charge in [-0.2, -0.15) is 0 Å². The van der Waals surface area contributed by atoms with Crippen LogP contribution in [0.5, 0.6) is 0 Å². The smallest absolute Gasteiger partial charge is 0.326 e. The van der Waals surface area contributed by atoms with Crippen molar-refractivity contribution in [3.8, 4) is 0 Å². The number of esters is 2. The third-order valence-electron chi connectivity index (χ3n) is 12.2. The number of amides is 3. The van der Waals surface area contributed by atoms with Crippen LogP contribution in [0.1, 0.15) is 252 Å². The maximum atomic E-state index is 12.9. The van der Waals surface area contributed by atoms with Gasteiger partial charge in [-0.15, -0.1) is 0 Å². The summed E-state index contributed by atoms with van der Waals surface area (Å²) >= 11 is 0. The maximum Gasteiger partial charge on any atom is 0.326 e. The van der Waals surface area contributed by atoms with Crippen LogP contribution in [0.15, 0.2) is 11.9 Å². The van der Waals surface area contributed by atoms with E-state index in [0.717, 1.165) is 122 Å². The number of hydrogen-bond donors (Lipinski definition) is 3. The van der Waals surface area contributed by atoms with E-state index >= 15 is 0 Å². The molecule has 1 heterocycles. The number of hydrogen-bond acceptors (Lipinski definition) is 8. The predicted molar refractivity (Wildman–Crippen MR) is 253 cm³/mol. The number of ether oxygens (including phenoxy) is 2. The van der Waals surface area contributed by atoms with Crippen LogP contribution in [0.3, 0.4) is 0 Å². The van der Waals surface area contributed by atoms with Gasteiger partial charge in [0.2, 0.25) is 0 Å². The van der Waals surface area contributed by atoms with Crippen LogP contribution in [-0.2, 0) is 23.9 Å². The summed E-state index contributed by atoms with van der Waals surface area (Å²) in [6.07, 6.45) is 41.2. The van der Waals surface area contributed by atoms with Crippen LogP contribution in [0.2, 0.25) is 0 Å². The minimum absolute atomic E-state index is 0.00259. The summed E-state index contributed by atoms with van der Waals surface area (Å²) in [4.78, 5) is 51.1. The average molecular weight is 861 g/mol. The molecule has 1 aliphatic rings. The van der Waals surface area contributed by atoms with Gasteiger partial charge in [0.15, 0.2) is 0 Å². The third-order valence-corrected chi connectivity index (χ3v) is 12.2. The lowest BCUT2D eigenvalue weighted by Gasteiger charge is -2.22. The van der Waals surface area contributed by atoms with Crippen molar-refractivity contribution in [2.45, 2.75) is 265 Å². The van der Waals surface area contributed by atoms with Crippen molar-refractivity contribution in [2.75, 3.05) is 26.2 Å². The highest BCUT2D eigenvalue weighted by molar-refractivity contribution is 6.11. The van der Waals surface area contributed by atoms with Gasteiger partial charge in [0.1, 0.15) is 17.9 Å². The van der Waals surface area contributed by atoms with E-state index in [1.807, 2.05) is 0 Å². The predicted octanol–water partition coefficient (Wildman–Crippen LogP) is 13.1. The highest BCUT2D eigenvalue weighted by atomic mass is 16.5. The Labute approximate surface area is 375 Å². The molecule has 0 aromatic heterocycles. The first-order chi connectivity index (χ1) is 29.8. The zero-order valence-electron chi connectivity index (χ0n) is 40.2. The van der Waals surface area contributed by atoms with Gasteiger partial charge in [-0.05, 0) is 96.7 Å². The average Bonchev–Trinajstić information content (AvgIpc) is 3.58. The molecule has 3 amide bonds. The summed E-state index contributed by atoms with van der Waals surface area (Å²) in [6, 6.07) is -0.487. The summed E-state index contributed by atoms with van der Waals surface area (Å²) in [6.45, 7) is 12.6. The van der Waals surface area contributed by atoms with Crippen molar-refractivity contribution in [2.24, 2.45) is 0 Å². The summed E-state index contributed by atoms with van der Waals surface area (Å²) in [5.41, 5.74) is 0.253. The highest BCUT2D eigenvalue weighted by Gasteiger charge is 2.22. The van der Waals surface area contributed by atoms with Crippen LogP contribution >= 0.6 is 0 Å². The number of nitrogens with one attached hydrogen (secondary N) is 3. The number of unbranched alkanes of at least 4 members (excludes halogenated alkanes) is 23. The quantitative estimate of drug-likeness (QED) is 0.0239. The second-order valence-corrected chi connectivity index (χ2v) is 18.0. The minimum Gasteiger partial charge on any atom is -0.462 e. The van der Waals surface area contributed by atoms with Gasteiger partial charge < -0.3 is 25.0 Å². The van der Waals surface area contributed by atoms with Crippen LogP contribution < -0.4 is 16.0 Å². The molecule has 356 valence electrons. The standard InChI is InChI=1S/C51H96N4O6/c1-5-9-12-15-20-27-35-45(8-4)60-48(56)38-30-23-18-25-32-41-55(43-34-40-52-44-47-50(58)54-51(59)53-47)42-33-26-19-24-31-39-49(57)61-46(36-28-21-16-13-10-6-2)37-29-22-17-14-11-7-3/h44-46,52H,5-43H2,1-4H3,(H2,53,54,58,59)/b47-44-. The zero-order chi connectivity index (χ0) is 44.4. The van der Waals surface area contributed by atoms with Crippen LogP contribution in [0.4, 0.5) is 4.79 Å². The molecule has 1 atom stereocenters. The topological polar surface area (TPSA) is 126 Å². The van der Waals surface area contributed by atoms with E-state index in [-0.39, 0.29) is 29.8 Å². The normalized spacial score (nSPS) is 13.9. The number of rotatable bonds is 45. The van der Waals surface area contributed by atoms with Gasteiger partial charge in [0, 0.05) is 25.6 Å². The second kappa shape index (κ2) is 41.4. The lowest BCUT2D eigenvalue weighted by molar-refractivity contribution is -0.150. The molecule has 0 radical (unpaired) electrons. The Hall–Kier alpha value is -2.62. The maximum absolute atomic E-state index is 12.9. The van der Waals surface area contributed by atoms with Crippen molar-refractivity contribution in [1.82, 2.24) is 20.9 Å². The molecule has 10 heteroatoms. The van der Waals surface area contributed by atoms with Crippen LogP contribution in [-0.4, -0.2) is 67.2 Å². The van der Waals surface area contributed by atoms with Crippen molar-refractivity contribution in [1.29, 1.82) is 0 Å². The molecule has 0 aliphatic carbocycles. The van der Waals surface area contributed by atoms with Gasteiger partial charge in [-0.25, -0.2) is 4.79 Å². The molecule has 0 spiro atoms. The Kier molecular flexibility index (Phi) is 38.3. The largest absolute Gasteiger partial charge is 0.462 e. The van der Waals surface area contributed by atoms with Crippen LogP contribution in [0.25, 0.3) is 0 Å². The molecule has 0 bridgehead atoms. The fourth-order valence-corrected chi connectivity index (χ4v) is 8.22. The zero-order valence-corrected chi connectivity index (χ0v) is 40.2. The first-order valence-electron chi connectivity index (χ1n) is 26.0. The Morgan fingerprint density at radius 2 is 0.902 bits per heavy atom. The molecule has 1 fully saturated rings. The van der Waals surface area contributed by atoms with E-state index in [0.29, 0.717) is 19.4 Å². The third kappa shape index (κ3) is 34.5. The number of imide groups is 1.